The number of nitrogens with two attached hydrogens (primary N) is 1. The van der Waals surface area contributed by atoms with Crippen LogP contribution in [0.25, 0.3) is 0 Å². The summed E-state index contributed by atoms with van der Waals surface area (Å²) in [5.41, 5.74) is 5.15. The Balaban J connectivity index is 2.84. The molecule has 1 unspecified atom stereocenters. The minimum absolute atomic E-state index is 0.0326. The van der Waals surface area contributed by atoms with E-state index in [0.717, 1.165) is 24.3 Å². The number of sulfone groups is 1. The first kappa shape index (κ1) is 22.4. The van der Waals surface area contributed by atoms with Gasteiger partial charge in [-0.05, 0) is 24.3 Å². The van der Waals surface area contributed by atoms with Crippen LogP contribution in [-0.2, 0) is 39.3 Å². The first-order valence-electron chi connectivity index (χ1n) is 6.68. The van der Waals surface area contributed by atoms with E-state index in [0.29, 0.717) is 0 Å². The Labute approximate surface area is 150 Å². The molecule has 5 N–H and O–H groups in total. The molecule has 15 heteroatoms. The van der Waals surface area contributed by atoms with Crippen molar-refractivity contribution in [2.45, 2.75) is 10.1 Å². The number of benzene rings is 1. The van der Waals surface area contributed by atoms with Crippen LogP contribution in [0.2, 0.25) is 0 Å². The summed E-state index contributed by atoms with van der Waals surface area (Å²) in [5.74, 6) is -1.84. The number of nitrogens with one attached hydrogen (secondary N) is 1. The fraction of sp³-hybridized carbons (Fsp3) is 0.364. The molecule has 0 aliphatic heterocycles. The van der Waals surface area contributed by atoms with E-state index in [-0.39, 0.29) is 10.6 Å². The van der Waals surface area contributed by atoms with Crippen molar-refractivity contribution in [1.82, 2.24) is 0 Å². The number of rotatable bonds is 9. The van der Waals surface area contributed by atoms with Crippen LogP contribution in [0.15, 0.2) is 29.2 Å². The summed E-state index contributed by atoms with van der Waals surface area (Å²) in [6.07, 6.45) is 0. The standard InChI is InChI=1S/C11H16N2O10S3/c12-7-10(25(17,18)19)11(14)13-8-1-3-9(4-2-8)24(15,16)6-5-23-26(20,21)22/h1-4,10H,5-7,12H2,(H,13,14)(H,17,18,19)(H,20,21,22). The zero-order valence-electron chi connectivity index (χ0n) is 13.0. The van der Waals surface area contributed by atoms with Crippen LogP contribution in [0.1, 0.15) is 0 Å². The maximum atomic E-state index is 12.0. The fourth-order valence-electron chi connectivity index (χ4n) is 1.70. The van der Waals surface area contributed by atoms with Crippen molar-refractivity contribution in [3.05, 3.63) is 24.3 Å². The van der Waals surface area contributed by atoms with Crippen LogP contribution in [0, 0.1) is 0 Å². The van der Waals surface area contributed by atoms with Gasteiger partial charge in [-0.25, -0.2) is 12.6 Å². The van der Waals surface area contributed by atoms with Gasteiger partial charge in [-0.2, -0.15) is 16.8 Å². The number of hydrogen-bond donors (Lipinski definition) is 4. The van der Waals surface area contributed by atoms with Crippen molar-refractivity contribution >= 4 is 41.9 Å². The lowest BCUT2D eigenvalue weighted by Crippen LogP contribution is -2.40. The molecule has 1 aromatic carbocycles. The van der Waals surface area contributed by atoms with Gasteiger partial charge in [-0.1, -0.05) is 0 Å². The lowest BCUT2D eigenvalue weighted by molar-refractivity contribution is -0.115. The number of carbonyl (C=O) groups is 1. The Bertz CT molecular complexity index is 952. The van der Waals surface area contributed by atoms with Gasteiger partial charge in [0, 0.05) is 12.2 Å². The second-order valence-electron chi connectivity index (χ2n) is 4.82. The molecule has 148 valence electrons. The molecule has 1 atom stereocenters. The molecule has 12 nitrogen and oxygen atoms in total. The zero-order valence-corrected chi connectivity index (χ0v) is 15.4. The summed E-state index contributed by atoms with van der Waals surface area (Å²) in [6.45, 7) is -1.46. The first-order chi connectivity index (χ1) is 11.8. The molecule has 1 amide bonds. The van der Waals surface area contributed by atoms with Gasteiger partial charge in [0.2, 0.25) is 5.91 Å². The van der Waals surface area contributed by atoms with Gasteiger partial charge in [0.15, 0.2) is 15.1 Å². The minimum Gasteiger partial charge on any atom is -0.329 e. The molecular weight excluding hydrogens is 416 g/mol. The van der Waals surface area contributed by atoms with Gasteiger partial charge >= 0.3 is 10.4 Å². The first-order valence-corrected chi connectivity index (χ1v) is 11.2. The van der Waals surface area contributed by atoms with Crippen molar-refractivity contribution < 1.29 is 43.3 Å². The second kappa shape index (κ2) is 8.38. The van der Waals surface area contributed by atoms with E-state index < -0.39 is 60.4 Å². The number of hydrogen-bond acceptors (Lipinski definition) is 9. The van der Waals surface area contributed by atoms with Crippen LogP contribution < -0.4 is 11.1 Å². The third-order valence-electron chi connectivity index (χ3n) is 2.93. The average molecular weight is 432 g/mol. The van der Waals surface area contributed by atoms with Crippen LogP contribution in [-0.4, -0.2) is 64.4 Å². The molecule has 0 aromatic heterocycles. The predicted octanol–water partition coefficient (Wildman–Crippen LogP) is -1.57. The van der Waals surface area contributed by atoms with Gasteiger partial charge < -0.3 is 11.1 Å². The smallest absolute Gasteiger partial charge is 0.329 e. The largest absolute Gasteiger partial charge is 0.397 e. The van der Waals surface area contributed by atoms with Crippen molar-refractivity contribution in [3.8, 4) is 0 Å². The normalized spacial score (nSPS) is 14.0. The Kier molecular flexibility index (Phi) is 7.23. The van der Waals surface area contributed by atoms with Crippen molar-refractivity contribution in [2.75, 3.05) is 24.2 Å². The zero-order chi connectivity index (χ0) is 20.2. The summed E-state index contributed by atoms with van der Waals surface area (Å²) in [5, 5.41) is 0.266. The third-order valence-corrected chi connectivity index (χ3v) is 6.22. The van der Waals surface area contributed by atoms with E-state index in [9.17, 15) is 30.0 Å². The number of amides is 1. The quantitative estimate of drug-likeness (QED) is 0.328. The molecule has 0 bridgehead atoms. The predicted molar refractivity (Wildman–Crippen MR) is 89.0 cm³/mol. The molecule has 1 rings (SSSR count). The molecule has 0 heterocycles. The molecule has 0 fully saturated rings. The molecule has 0 radical (unpaired) electrons. The number of carbonyl (C=O) groups excluding carboxylic acids is 1. The third kappa shape index (κ3) is 6.94. The molecule has 0 saturated heterocycles. The highest BCUT2D eigenvalue weighted by Gasteiger charge is 2.29. The van der Waals surface area contributed by atoms with Crippen molar-refractivity contribution in [1.29, 1.82) is 0 Å². The van der Waals surface area contributed by atoms with Gasteiger partial charge in [0.05, 0.1) is 17.3 Å². The van der Waals surface area contributed by atoms with E-state index in [1.165, 1.54) is 0 Å². The second-order valence-corrected chi connectivity index (χ2v) is 9.62. The molecule has 0 spiro atoms. The van der Waals surface area contributed by atoms with Gasteiger partial charge in [0.1, 0.15) is 0 Å². The Hall–Kier alpha value is -1.62. The molecule has 0 saturated carbocycles. The molecule has 0 aliphatic carbocycles. The Morgan fingerprint density at radius 1 is 1.08 bits per heavy atom. The maximum absolute atomic E-state index is 12.0. The lowest BCUT2D eigenvalue weighted by Gasteiger charge is -2.12. The Morgan fingerprint density at radius 3 is 2.04 bits per heavy atom. The summed E-state index contributed by atoms with van der Waals surface area (Å²) < 4.78 is 87.9. The van der Waals surface area contributed by atoms with E-state index in [2.05, 4.69) is 9.50 Å². The highest BCUT2D eigenvalue weighted by molar-refractivity contribution is 7.91. The van der Waals surface area contributed by atoms with Gasteiger partial charge in [-0.15, -0.1) is 0 Å². The average Bonchev–Trinajstić information content (AvgIpc) is 2.45. The molecule has 1 aromatic rings. The summed E-state index contributed by atoms with van der Waals surface area (Å²) in [7, 11) is -13.4. The van der Waals surface area contributed by atoms with Crippen LogP contribution >= 0.6 is 0 Å². The van der Waals surface area contributed by atoms with Crippen molar-refractivity contribution in [2.24, 2.45) is 5.73 Å². The number of anilines is 1. The van der Waals surface area contributed by atoms with Crippen molar-refractivity contribution in [3.63, 3.8) is 0 Å². The molecule has 0 aliphatic rings. The molecular formula is C11H16N2O10S3. The topological polar surface area (TPSA) is 207 Å². The fourth-order valence-corrected chi connectivity index (χ4v) is 3.76. The summed E-state index contributed by atoms with van der Waals surface area (Å²) in [4.78, 5) is 11.5. The summed E-state index contributed by atoms with van der Waals surface area (Å²) >= 11 is 0. The highest BCUT2D eigenvalue weighted by atomic mass is 32.3. The van der Waals surface area contributed by atoms with E-state index in [1.54, 1.807) is 0 Å². The van der Waals surface area contributed by atoms with E-state index in [1.807, 2.05) is 0 Å². The van der Waals surface area contributed by atoms with E-state index >= 15 is 0 Å². The summed E-state index contributed by atoms with van der Waals surface area (Å²) in [6, 6.07) is 4.44. The van der Waals surface area contributed by atoms with E-state index in [4.69, 9.17) is 14.8 Å². The SMILES string of the molecule is NCC(C(=O)Nc1ccc(S(=O)(=O)CCOS(=O)(=O)O)cc1)S(=O)(=O)O. The van der Waals surface area contributed by atoms with Gasteiger partial charge in [-0.3, -0.25) is 13.9 Å². The van der Waals surface area contributed by atoms with Crippen LogP contribution in [0.5, 0.6) is 0 Å². The van der Waals surface area contributed by atoms with Crippen LogP contribution in [0.4, 0.5) is 5.69 Å². The minimum atomic E-state index is -4.76. The highest BCUT2D eigenvalue weighted by Crippen LogP contribution is 2.16. The lowest BCUT2D eigenvalue weighted by atomic mass is 10.3. The maximum Gasteiger partial charge on any atom is 0.397 e. The van der Waals surface area contributed by atoms with Gasteiger partial charge in [0.25, 0.3) is 10.1 Å². The molecule has 26 heavy (non-hydrogen) atoms. The Morgan fingerprint density at radius 2 is 1.62 bits per heavy atom. The monoisotopic (exact) mass is 432 g/mol. The van der Waals surface area contributed by atoms with Crippen LogP contribution in [0.3, 0.4) is 0 Å².